The van der Waals surface area contributed by atoms with Crippen molar-refractivity contribution in [2.75, 3.05) is 6.61 Å². The SMILES string of the molecule is C=C(C)C(=O)NC(CC)C(O)(CO)C(C)(C)N.Cl. The Morgan fingerprint density at radius 2 is 1.94 bits per heavy atom. The number of nitrogens with two attached hydrogens (primary N) is 1. The molecule has 0 bridgehead atoms. The van der Waals surface area contributed by atoms with Gasteiger partial charge in [0.25, 0.3) is 0 Å². The van der Waals surface area contributed by atoms with Crippen molar-refractivity contribution >= 4 is 18.3 Å². The molecule has 0 aromatic carbocycles. The van der Waals surface area contributed by atoms with Crippen LogP contribution in [-0.4, -0.2) is 39.9 Å². The first kappa shape index (κ1) is 19.7. The molecule has 0 heterocycles. The molecule has 0 saturated carbocycles. The lowest BCUT2D eigenvalue weighted by molar-refractivity contribution is -0.126. The smallest absolute Gasteiger partial charge is 0.246 e. The van der Waals surface area contributed by atoms with Crippen LogP contribution < -0.4 is 11.1 Å². The van der Waals surface area contributed by atoms with Gasteiger partial charge in [-0.05, 0) is 27.2 Å². The maximum absolute atomic E-state index is 11.6. The van der Waals surface area contributed by atoms with E-state index in [1.54, 1.807) is 27.7 Å². The molecule has 0 aliphatic carbocycles. The fourth-order valence-corrected chi connectivity index (χ4v) is 1.60. The first-order chi connectivity index (χ1) is 7.60. The van der Waals surface area contributed by atoms with Crippen molar-refractivity contribution in [1.82, 2.24) is 5.32 Å². The van der Waals surface area contributed by atoms with E-state index >= 15 is 0 Å². The summed E-state index contributed by atoms with van der Waals surface area (Å²) in [5, 5.41) is 22.4. The number of hydrogen-bond donors (Lipinski definition) is 4. The Labute approximate surface area is 115 Å². The van der Waals surface area contributed by atoms with E-state index in [0.29, 0.717) is 12.0 Å². The Kier molecular flexibility index (Phi) is 7.76. The third-order valence-electron chi connectivity index (χ3n) is 3.03. The zero-order valence-electron chi connectivity index (χ0n) is 11.5. The van der Waals surface area contributed by atoms with Gasteiger partial charge in [-0.3, -0.25) is 4.79 Å². The summed E-state index contributed by atoms with van der Waals surface area (Å²) in [5.74, 6) is -0.354. The number of carbonyl (C=O) groups is 1. The van der Waals surface area contributed by atoms with Gasteiger partial charge in [0.05, 0.1) is 12.6 Å². The number of hydrogen-bond acceptors (Lipinski definition) is 4. The predicted octanol–water partition coefficient (Wildman–Crippen LogP) is 0.340. The summed E-state index contributed by atoms with van der Waals surface area (Å²) in [6.45, 7) is 9.60. The van der Waals surface area contributed by atoms with Crippen LogP contribution in [0.4, 0.5) is 0 Å². The average Bonchev–Trinajstić information content (AvgIpc) is 2.22. The summed E-state index contributed by atoms with van der Waals surface area (Å²) >= 11 is 0. The van der Waals surface area contributed by atoms with Gasteiger partial charge in [-0.25, -0.2) is 0 Å². The predicted molar refractivity (Wildman–Crippen MR) is 74.6 cm³/mol. The van der Waals surface area contributed by atoms with E-state index in [9.17, 15) is 15.0 Å². The maximum atomic E-state index is 11.6. The Bertz CT molecular complexity index is 302. The van der Waals surface area contributed by atoms with E-state index in [0.717, 1.165) is 0 Å². The van der Waals surface area contributed by atoms with Crippen molar-refractivity contribution in [3.63, 3.8) is 0 Å². The molecule has 0 spiro atoms. The molecule has 0 aromatic heterocycles. The van der Waals surface area contributed by atoms with Gasteiger partial charge in [0.1, 0.15) is 5.60 Å². The zero-order chi connectivity index (χ0) is 13.9. The minimum Gasteiger partial charge on any atom is -0.393 e. The van der Waals surface area contributed by atoms with Crippen LogP contribution in [-0.2, 0) is 4.79 Å². The molecule has 2 atom stereocenters. The molecule has 18 heavy (non-hydrogen) atoms. The topological polar surface area (TPSA) is 95.6 Å². The van der Waals surface area contributed by atoms with Crippen molar-refractivity contribution in [2.45, 2.75) is 51.3 Å². The third-order valence-corrected chi connectivity index (χ3v) is 3.03. The second-order valence-corrected chi connectivity index (χ2v) is 5.02. The molecule has 2 unspecified atom stereocenters. The van der Waals surface area contributed by atoms with Gasteiger partial charge < -0.3 is 21.3 Å². The van der Waals surface area contributed by atoms with Gasteiger partial charge >= 0.3 is 0 Å². The number of rotatable bonds is 6. The van der Waals surface area contributed by atoms with Crippen molar-refractivity contribution in [3.8, 4) is 0 Å². The normalized spacial score (nSPS) is 16.2. The molecule has 6 heteroatoms. The fourth-order valence-electron chi connectivity index (χ4n) is 1.60. The van der Waals surface area contributed by atoms with Crippen LogP contribution in [0.15, 0.2) is 12.2 Å². The fraction of sp³-hybridized carbons (Fsp3) is 0.750. The first-order valence-electron chi connectivity index (χ1n) is 5.68. The summed E-state index contributed by atoms with van der Waals surface area (Å²) in [5.41, 5.74) is 3.60. The number of halogens is 1. The second-order valence-electron chi connectivity index (χ2n) is 5.02. The van der Waals surface area contributed by atoms with Gasteiger partial charge in [-0.15, -0.1) is 12.4 Å². The molecule has 0 aromatic rings. The minimum absolute atomic E-state index is 0. The van der Waals surface area contributed by atoms with E-state index in [4.69, 9.17) is 5.73 Å². The standard InChI is InChI=1S/C12H24N2O3.ClH/c1-6-9(14-10(16)8(2)3)12(17,7-15)11(4,5)13;/h9,15,17H,2,6-7,13H2,1,3-5H3,(H,14,16);1H. The number of aliphatic hydroxyl groups excluding tert-OH is 1. The Morgan fingerprint density at radius 1 is 1.50 bits per heavy atom. The molecular weight excluding hydrogens is 256 g/mol. The molecule has 0 rings (SSSR count). The molecular formula is C12H25ClN2O3. The van der Waals surface area contributed by atoms with Gasteiger partial charge in [0, 0.05) is 11.1 Å². The van der Waals surface area contributed by atoms with Crippen LogP contribution in [0.3, 0.4) is 0 Å². The van der Waals surface area contributed by atoms with E-state index < -0.39 is 23.8 Å². The summed E-state index contributed by atoms with van der Waals surface area (Å²) in [6.07, 6.45) is 0.455. The molecule has 0 fully saturated rings. The monoisotopic (exact) mass is 280 g/mol. The quantitative estimate of drug-likeness (QED) is 0.528. The summed E-state index contributed by atoms with van der Waals surface area (Å²) in [6, 6.07) is -0.628. The van der Waals surface area contributed by atoms with E-state index in [-0.39, 0.29) is 18.3 Å². The summed E-state index contributed by atoms with van der Waals surface area (Å²) in [7, 11) is 0. The maximum Gasteiger partial charge on any atom is 0.246 e. The Hall–Kier alpha value is -0.620. The summed E-state index contributed by atoms with van der Waals surface area (Å²) < 4.78 is 0. The highest BCUT2D eigenvalue weighted by atomic mass is 35.5. The molecule has 0 saturated heterocycles. The number of nitrogens with one attached hydrogen (secondary N) is 1. The van der Waals surface area contributed by atoms with Gasteiger partial charge in [-0.1, -0.05) is 13.5 Å². The molecule has 5 nitrogen and oxygen atoms in total. The molecule has 108 valence electrons. The number of amides is 1. The Balaban J connectivity index is 0. The van der Waals surface area contributed by atoms with Gasteiger partial charge in [-0.2, -0.15) is 0 Å². The lowest BCUT2D eigenvalue weighted by Crippen LogP contribution is -2.69. The lowest BCUT2D eigenvalue weighted by Gasteiger charge is -2.44. The van der Waals surface area contributed by atoms with Gasteiger partial charge in [0.15, 0.2) is 0 Å². The second kappa shape index (κ2) is 7.09. The van der Waals surface area contributed by atoms with Crippen molar-refractivity contribution in [2.24, 2.45) is 5.73 Å². The molecule has 0 aliphatic heterocycles. The molecule has 0 radical (unpaired) electrons. The van der Waals surface area contributed by atoms with Crippen molar-refractivity contribution < 1.29 is 15.0 Å². The number of aliphatic hydroxyl groups is 2. The average molecular weight is 281 g/mol. The highest BCUT2D eigenvalue weighted by Gasteiger charge is 2.46. The van der Waals surface area contributed by atoms with E-state index in [1.165, 1.54) is 0 Å². The molecule has 1 amide bonds. The minimum atomic E-state index is -1.58. The lowest BCUT2D eigenvalue weighted by atomic mass is 9.77. The van der Waals surface area contributed by atoms with Crippen molar-refractivity contribution in [3.05, 3.63) is 12.2 Å². The summed E-state index contributed by atoms with van der Waals surface area (Å²) in [4.78, 5) is 11.6. The first-order valence-corrected chi connectivity index (χ1v) is 5.68. The highest BCUT2D eigenvalue weighted by Crippen LogP contribution is 2.25. The van der Waals surface area contributed by atoms with Crippen LogP contribution in [0.1, 0.15) is 34.1 Å². The van der Waals surface area contributed by atoms with Crippen LogP contribution >= 0.6 is 12.4 Å². The Morgan fingerprint density at radius 3 is 2.17 bits per heavy atom. The largest absolute Gasteiger partial charge is 0.393 e. The van der Waals surface area contributed by atoms with E-state index in [2.05, 4.69) is 11.9 Å². The third kappa shape index (κ3) is 4.24. The van der Waals surface area contributed by atoms with Gasteiger partial charge in [0.2, 0.25) is 5.91 Å². The highest BCUT2D eigenvalue weighted by molar-refractivity contribution is 5.92. The van der Waals surface area contributed by atoms with Crippen LogP contribution in [0.2, 0.25) is 0 Å². The van der Waals surface area contributed by atoms with Crippen LogP contribution in [0.5, 0.6) is 0 Å². The van der Waals surface area contributed by atoms with Crippen LogP contribution in [0, 0.1) is 0 Å². The molecule has 5 N–H and O–H groups in total. The number of carbonyl (C=O) groups excluding carboxylic acids is 1. The zero-order valence-corrected chi connectivity index (χ0v) is 12.3. The molecule has 0 aliphatic rings. The van der Waals surface area contributed by atoms with Crippen molar-refractivity contribution in [1.29, 1.82) is 0 Å². The van der Waals surface area contributed by atoms with Crippen LogP contribution in [0.25, 0.3) is 0 Å². The van der Waals surface area contributed by atoms with E-state index in [1.807, 2.05) is 0 Å².